The third-order valence-corrected chi connectivity index (χ3v) is 7.04. The molecule has 0 aliphatic carbocycles. The summed E-state index contributed by atoms with van der Waals surface area (Å²) in [4.78, 5) is 18.0. The Morgan fingerprint density at radius 1 is 1.00 bits per heavy atom. The number of hydrogen-bond donors (Lipinski definition) is 0. The Morgan fingerprint density at radius 2 is 1.72 bits per heavy atom. The lowest BCUT2D eigenvalue weighted by Gasteiger charge is -2.22. The average Bonchev–Trinajstić information content (AvgIpc) is 3.30. The van der Waals surface area contributed by atoms with Gasteiger partial charge in [-0.15, -0.1) is 0 Å². The molecule has 1 aromatic heterocycles. The molecule has 1 aliphatic rings. The molecule has 182 valence electrons. The van der Waals surface area contributed by atoms with E-state index in [2.05, 4.69) is 0 Å². The summed E-state index contributed by atoms with van der Waals surface area (Å²) in [6.07, 6.45) is 0.434. The van der Waals surface area contributed by atoms with Crippen LogP contribution in [-0.4, -0.2) is 35.3 Å². The molecule has 5 nitrogen and oxygen atoms in total. The lowest BCUT2D eigenvalue weighted by molar-refractivity contribution is -0.136. The van der Waals surface area contributed by atoms with E-state index in [-0.39, 0.29) is 12.5 Å². The van der Waals surface area contributed by atoms with Crippen LogP contribution in [0.3, 0.4) is 0 Å². The van der Waals surface area contributed by atoms with Crippen molar-refractivity contribution >= 4 is 57.3 Å². The quantitative estimate of drug-likeness (QED) is 0.264. The predicted octanol–water partition coefficient (Wildman–Crippen LogP) is 7.49. The van der Waals surface area contributed by atoms with Crippen LogP contribution < -0.4 is 0 Å². The summed E-state index contributed by atoms with van der Waals surface area (Å²) in [5.41, 5.74) is 5.93. The number of pyridine rings is 1. The van der Waals surface area contributed by atoms with Crippen molar-refractivity contribution < 1.29 is 9.53 Å². The molecule has 1 aliphatic heterocycles. The van der Waals surface area contributed by atoms with E-state index in [1.54, 1.807) is 18.2 Å². The molecule has 5 rings (SSSR count). The molecule has 2 heterocycles. The summed E-state index contributed by atoms with van der Waals surface area (Å²) in [7, 11) is 1.48. The van der Waals surface area contributed by atoms with E-state index < -0.39 is 6.04 Å². The zero-order chi connectivity index (χ0) is 25.4. The van der Waals surface area contributed by atoms with Gasteiger partial charge < -0.3 is 4.74 Å². The number of fused-ring (bicyclic) bond motifs is 1. The van der Waals surface area contributed by atoms with Crippen molar-refractivity contribution in [2.24, 2.45) is 5.10 Å². The molecule has 0 spiro atoms. The van der Waals surface area contributed by atoms with Gasteiger partial charge in [0.1, 0.15) is 6.61 Å². The minimum atomic E-state index is -0.438. The van der Waals surface area contributed by atoms with Crippen LogP contribution in [0.4, 0.5) is 0 Å². The van der Waals surface area contributed by atoms with Gasteiger partial charge in [-0.05, 0) is 54.4 Å². The molecular formula is C28H22Cl3N3O2. The predicted molar refractivity (Wildman–Crippen MR) is 146 cm³/mol. The summed E-state index contributed by atoms with van der Waals surface area (Å²) in [6.45, 7) is 1.85. The van der Waals surface area contributed by atoms with Crippen molar-refractivity contribution in [3.8, 4) is 11.1 Å². The molecule has 0 unspecified atom stereocenters. The Labute approximate surface area is 224 Å². The zero-order valence-corrected chi connectivity index (χ0v) is 21.9. The topological polar surface area (TPSA) is 54.8 Å². The van der Waals surface area contributed by atoms with Gasteiger partial charge in [-0.2, -0.15) is 5.10 Å². The van der Waals surface area contributed by atoms with Crippen LogP contribution in [0.25, 0.3) is 22.0 Å². The number of aryl methyl sites for hydroxylation is 1. The molecule has 0 N–H and O–H groups in total. The second kappa shape index (κ2) is 10.2. The first-order valence-electron chi connectivity index (χ1n) is 11.4. The second-order valence-corrected chi connectivity index (χ2v) is 9.86. The molecular weight excluding hydrogens is 517 g/mol. The highest BCUT2D eigenvalue weighted by molar-refractivity contribution is 6.34. The van der Waals surface area contributed by atoms with Crippen LogP contribution in [0.5, 0.6) is 0 Å². The average molecular weight is 539 g/mol. The summed E-state index contributed by atoms with van der Waals surface area (Å²) >= 11 is 19.3. The number of carbonyl (C=O) groups excluding carboxylic acids is 1. The number of hydrazone groups is 1. The van der Waals surface area contributed by atoms with Crippen molar-refractivity contribution in [2.75, 3.05) is 13.7 Å². The molecule has 0 saturated heterocycles. The first-order valence-corrected chi connectivity index (χ1v) is 12.5. The van der Waals surface area contributed by atoms with Gasteiger partial charge in [-0.3, -0.25) is 9.78 Å². The first kappa shape index (κ1) is 24.7. The van der Waals surface area contributed by atoms with Crippen LogP contribution in [0.15, 0.2) is 71.8 Å². The first-order chi connectivity index (χ1) is 17.4. The van der Waals surface area contributed by atoms with E-state index in [0.717, 1.165) is 44.6 Å². The lowest BCUT2D eigenvalue weighted by atomic mass is 9.89. The number of aromatic nitrogens is 1. The van der Waals surface area contributed by atoms with E-state index in [4.69, 9.17) is 49.6 Å². The van der Waals surface area contributed by atoms with E-state index in [1.165, 1.54) is 12.1 Å². The Morgan fingerprint density at radius 3 is 2.47 bits per heavy atom. The highest BCUT2D eigenvalue weighted by Gasteiger charge is 2.36. The molecule has 3 aromatic carbocycles. The van der Waals surface area contributed by atoms with Gasteiger partial charge in [0.25, 0.3) is 5.91 Å². The molecule has 1 amide bonds. The van der Waals surface area contributed by atoms with Crippen LogP contribution in [0.2, 0.25) is 15.1 Å². The maximum absolute atomic E-state index is 13.1. The summed E-state index contributed by atoms with van der Waals surface area (Å²) in [5.74, 6) is -0.274. The Balaban J connectivity index is 1.74. The number of amides is 1. The van der Waals surface area contributed by atoms with Crippen molar-refractivity contribution in [1.29, 1.82) is 0 Å². The van der Waals surface area contributed by atoms with Gasteiger partial charge in [-0.1, -0.05) is 65.1 Å². The number of carbonyl (C=O) groups is 1. The fraction of sp³-hybridized carbons (Fsp3) is 0.179. The monoisotopic (exact) mass is 537 g/mol. The van der Waals surface area contributed by atoms with Gasteiger partial charge >= 0.3 is 0 Å². The molecule has 0 fully saturated rings. The third kappa shape index (κ3) is 4.60. The van der Waals surface area contributed by atoms with E-state index in [9.17, 15) is 4.79 Å². The number of halogens is 3. The van der Waals surface area contributed by atoms with Gasteiger partial charge in [0.15, 0.2) is 0 Å². The highest BCUT2D eigenvalue weighted by Crippen LogP contribution is 2.41. The molecule has 0 saturated carbocycles. The maximum atomic E-state index is 13.1. The standard InChI is InChI=1S/C28H22Cl3N3O2/c1-16-27(28(17-6-4-3-5-7-17)21-13-19(30)9-11-23(21)32-16)24-14-25(34(33-24)26(35)15-36-2)20-12-18(29)8-10-22(20)31/h3-13,25H,14-15H2,1-2H3/t25-/m0/s1. The fourth-order valence-electron chi connectivity index (χ4n) is 4.71. The van der Waals surface area contributed by atoms with Gasteiger partial charge in [0, 0.05) is 50.8 Å². The van der Waals surface area contributed by atoms with E-state index in [1.807, 2.05) is 55.5 Å². The zero-order valence-electron chi connectivity index (χ0n) is 19.6. The Hall–Kier alpha value is -2.96. The van der Waals surface area contributed by atoms with Gasteiger partial charge in [0.2, 0.25) is 0 Å². The number of nitrogens with zero attached hydrogens (tertiary/aromatic N) is 3. The summed E-state index contributed by atoms with van der Waals surface area (Å²) in [5, 5.41) is 8.85. The Bertz CT molecular complexity index is 1510. The minimum absolute atomic E-state index is 0.110. The van der Waals surface area contributed by atoms with Crippen molar-refractivity contribution in [2.45, 2.75) is 19.4 Å². The SMILES string of the molecule is COCC(=O)N1N=C(c2c(C)nc3ccc(Cl)cc3c2-c2ccccc2)C[C@H]1c1cc(Cl)ccc1Cl. The number of ether oxygens (including phenoxy) is 1. The number of rotatable bonds is 5. The number of benzene rings is 3. The normalized spacial score (nSPS) is 15.4. The highest BCUT2D eigenvalue weighted by atomic mass is 35.5. The number of methoxy groups -OCH3 is 1. The smallest absolute Gasteiger partial charge is 0.269 e. The van der Waals surface area contributed by atoms with Crippen molar-refractivity contribution in [3.63, 3.8) is 0 Å². The van der Waals surface area contributed by atoms with Crippen LogP contribution in [0, 0.1) is 6.92 Å². The maximum Gasteiger partial charge on any atom is 0.269 e. The van der Waals surface area contributed by atoms with Gasteiger partial charge in [0.05, 0.1) is 17.3 Å². The molecule has 1 atom stereocenters. The van der Waals surface area contributed by atoms with Crippen molar-refractivity contribution in [1.82, 2.24) is 9.99 Å². The molecule has 0 radical (unpaired) electrons. The van der Waals surface area contributed by atoms with E-state index >= 15 is 0 Å². The minimum Gasteiger partial charge on any atom is -0.375 e. The van der Waals surface area contributed by atoms with Crippen LogP contribution in [0.1, 0.15) is 29.3 Å². The molecule has 0 bridgehead atoms. The molecule has 8 heteroatoms. The fourth-order valence-corrected chi connectivity index (χ4v) is 5.31. The third-order valence-electron chi connectivity index (χ3n) is 6.23. The Kier molecular flexibility index (Phi) is 7.00. The molecule has 36 heavy (non-hydrogen) atoms. The van der Waals surface area contributed by atoms with Crippen LogP contribution in [-0.2, 0) is 9.53 Å². The summed E-state index contributed by atoms with van der Waals surface area (Å²) in [6, 6.07) is 20.5. The van der Waals surface area contributed by atoms with E-state index in [0.29, 0.717) is 21.5 Å². The second-order valence-electron chi connectivity index (χ2n) is 8.58. The van der Waals surface area contributed by atoms with Crippen molar-refractivity contribution in [3.05, 3.63) is 98.6 Å². The molecule has 4 aromatic rings. The van der Waals surface area contributed by atoms with Crippen LogP contribution >= 0.6 is 34.8 Å². The summed E-state index contributed by atoms with van der Waals surface area (Å²) < 4.78 is 5.14. The number of hydrogen-bond acceptors (Lipinski definition) is 4. The van der Waals surface area contributed by atoms with Gasteiger partial charge in [-0.25, -0.2) is 5.01 Å². The lowest BCUT2D eigenvalue weighted by Crippen LogP contribution is -2.30. The largest absolute Gasteiger partial charge is 0.375 e.